The van der Waals surface area contributed by atoms with Gasteiger partial charge in [-0.2, -0.15) is 0 Å². The van der Waals surface area contributed by atoms with Crippen molar-refractivity contribution in [3.05, 3.63) is 0 Å². The van der Waals surface area contributed by atoms with E-state index in [9.17, 15) is 4.79 Å². The Morgan fingerprint density at radius 1 is 1.08 bits per heavy atom. The molecule has 1 aliphatic heterocycles. The van der Waals surface area contributed by atoms with Crippen LogP contribution in [-0.2, 0) is 23.7 Å². The van der Waals surface area contributed by atoms with E-state index < -0.39 is 6.16 Å². The standard InChI is InChI=1S/C17H32O6Si/c1-3-20-17(21-4-2)24-12-10-8-6-5-7-9-11-19-13-15-14-22-16(18)23-15/h15,17H,3-14H2,1-2H3. The molecule has 6 nitrogen and oxygen atoms in total. The molecule has 140 valence electrons. The highest BCUT2D eigenvalue weighted by Gasteiger charge is 2.24. The first-order valence-corrected chi connectivity index (χ1v) is 10.4. The van der Waals surface area contributed by atoms with E-state index in [1.807, 2.05) is 13.8 Å². The Morgan fingerprint density at radius 2 is 1.75 bits per heavy atom. The lowest BCUT2D eigenvalue weighted by molar-refractivity contribution is -0.0827. The lowest BCUT2D eigenvalue weighted by Gasteiger charge is -2.15. The third-order valence-corrected chi connectivity index (χ3v) is 4.93. The molecule has 1 unspecified atom stereocenters. The lowest BCUT2D eigenvalue weighted by Crippen LogP contribution is -2.24. The van der Waals surface area contributed by atoms with Crippen molar-refractivity contribution in [1.29, 1.82) is 0 Å². The van der Waals surface area contributed by atoms with Crippen LogP contribution in [0.15, 0.2) is 0 Å². The first-order valence-electron chi connectivity index (χ1n) is 9.14. The average Bonchev–Trinajstić information content (AvgIpc) is 2.98. The van der Waals surface area contributed by atoms with Gasteiger partial charge < -0.3 is 23.7 Å². The predicted octanol–water partition coefficient (Wildman–Crippen LogP) is 3.36. The molecule has 0 bridgehead atoms. The maximum Gasteiger partial charge on any atom is 0.508 e. The molecule has 0 saturated carbocycles. The van der Waals surface area contributed by atoms with Gasteiger partial charge in [0.2, 0.25) is 0 Å². The van der Waals surface area contributed by atoms with Gasteiger partial charge in [0.1, 0.15) is 22.0 Å². The number of cyclic esters (lactones) is 2. The van der Waals surface area contributed by atoms with Gasteiger partial charge in [-0.25, -0.2) is 4.79 Å². The van der Waals surface area contributed by atoms with Gasteiger partial charge in [-0.15, -0.1) is 0 Å². The van der Waals surface area contributed by atoms with Crippen LogP contribution in [0.4, 0.5) is 4.79 Å². The number of hydrogen-bond donors (Lipinski definition) is 0. The second kappa shape index (κ2) is 14.7. The minimum atomic E-state index is -0.585. The minimum Gasteiger partial charge on any atom is -0.430 e. The van der Waals surface area contributed by atoms with Crippen molar-refractivity contribution >= 4 is 15.7 Å². The fourth-order valence-corrected chi connectivity index (χ4v) is 3.65. The van der Waals surface area contributed by atoms with E-state index >= 15 is 0 Å². The van der Waals surface area contributed by atoms with E-state index in [-0.39, 0.29) is 12.0 Å². The number of rotatable bonds is 16. The summed E-state index contributed by atoms with van der Waals surface area (Å²) < 4.78 is 26.2. The van der Waals surface area contributed by atoms with Crippen molar-refractivity contribution in [2.45, 2.75) is 70.4 Å². The number of carbonyl (C=O) groups excluding carboxylic acids is 1. The summed E-state index contributed by atoms with van der Waals surface area (Å²) in [5.41, 5.74) is 0. The molecule has 1 heterocycles. The number of carbonyl (C=O) groups is 1. The summed E-state index contributed by atoms with van der Waals surface area (Å²) in [6, 6.07) is 1.19. The van der Waals surface area contributed by atoms with Crippen LogP contribution in [0.2, 0.25) is 6.04 Å². The quantitative estimate of drug-likeness (QED) is 0.182. The molecule has 1 fully saturated rings. The number of hydrogen-bond acceptors (Lipinski definition) is 6. The molecule has 0 aromatic heterocycles. The Balaban J connectivity index is 1.79. The molecule has 0 aliphatic carbocycles. The minimum absolute atomic E-state index is 0.00156. The Kier molecular flexibility index (Phi) is 13.1. The molecule has 2 radical (unpaired) electrons. The molecule has 24 heavy (non-hydrogen) atoms. The van der Waals surface area contributed by atoms with Crippen LogP contribution in [0.3, 0.4) is 0 Å². The van der Waals surface area contributed by atoms with Crippen LogP contribution >= 0.6 is 0 Å². The zero-order valence-electron chi connectivity index (χ0n) is 15.1. The van der Waals surface area contributed by atoms with E-state index in [4.69, 9.17) is 23.7 Å². The molecule has 1 atom stereocenters. The van der Waals surface area contributed by atoms with E-state index in [1.165, 1.54) is 38.1 Å². The molecule has 0 spiro atoms. The highest BCUT2D eigenvalue weighted by Crippen LogP contribution is 2.10. The van der Waals surface area contributed by atoms with Crippen molar-refractivity contribution < 1.29 is 28.5 Å². The Morgan fingerprint density at radius 3 is 2.38 bits per heavy atom. The average molecular weight is 361 g/mol. The number of unbranched alkanes of at least 4 members (excludes halogenated alkanes) is 5. The van der Waals surface area contributed by atoms with E-state index in [1.54, 1.807) is 0 Å². The zero-order chi connectivity index (χ0) is 17.5. The van der Waals surface area contributed by atoms with Gasteiger partial charge in [0, 0.05) is 19.8 Å². The first kappa shape index (κ1) is 21.4. The Labute approximate surface area is 148 Å². The highest BCUT2D eigenvalue weighted by molar-refractivity contribution is 6.36. The van der Waals surface area contributed by atoms with Crippen molar-refractivity contribution in [3.8, 4) is 0 Å². The smallest absolute Gasteiger partial charge is 0.430 e. The Bertz CT molecular complexity index is 309. The van der Waals surface area contributed by atoms with Crippen LogP contribution in [-0.4, -0.2) is 60.7 Å². The molecular formula is C17H32O6Si. The van der Waals surface area contributed by atoms with Gasteiger partial charge in [0.15, 0.2) is 6.10 Å². The fourth-order valence-electron chi connectivity index (χ4n) is 2.39. The normalized spacial score (nSPS) is 17.3. The summed E-state index contributed by atoms with van der Waals surface area (Å²) in [4.78, 5) is 10.7. The summed E-state index contributed by atoms with van der Waals surface area (Å²) in [7, 11) is 0.739. The maximum absolute atomic E-state index is 10.7. The molecule has 0 aromatic rings. The predicted molar refractivity (Wildman–Crippen MR) is 92.3 cm³/mol. The second-order valence-electron chi connectivity index (χ2n) is 5.69. The zero-order valence-corrected chi connectivity index (χ0v) is 16.1. The van der Waals surface area contributed by atoms with E-state index in [2.05, 4.69) is 0 Å². The highest BCUT2D eigenvalue weighted by atomic mass is 28.2. The Hall–Kier alpha value is -0.633. The van der Waals surface area contributed by atoms with Crippen molar-refractivity contribution in [1.82, 2.24) is 0 Å². The molecule has 1 aliphatic rings. The van der Waals surface area contributed by atoms with Crippen LogP contribution in [0, 0.1) is 0 Å². The third kappa shape index (κ3) is 11.0. The number of ether oxygens (including phenoxy) is 5. The molecule has 1 saturated heterocycles. The first-order chi connectivity index (χ1) is 11.8. The molecule has 0 aromatic carbocycles. The van der Waals surface area contributed by atoms with Gasteiger partial charge >= 0.3 is 6.16 Å². The molecule has 7 heteroatoms. The van der Waals surface area contributed by atoms with Crippen molar-refractivity contribution in [2.75, 3.05) is 33.0 Å². The van der Waals surface area contributed by atoms with Crippen molar-refractivity contribution in [2.24, 2.45) is 0 Å². The van der Waals surface area contributed by atoms with E-state index in [0.29, 0.717) is 13.2 Å². The summed E-state index contributed by atoms with van der Waals surface area (Å²) in [5.74, 6) is 0.00156. The lowest BCUT2D eigenvalue weighted by atomic mass is 10.1. The van der Waals surface area contributed by atoms with Gasteiger partial charge in [-0.3, -0.25) is 0 Å². The topological polar surface area (TPSA) is 63.2 Å². The summed E-state index contributed by atoms with van der Waals surface area (Å²) >= 11 is 0. The monoisotopic (exact) mass is 360 g/mol. The van der Waals surface area contributed by atoms with Crippen LogP contribution in [0.25, 0.3) is 0 Å². The largest absolute Gasteiger partial charge is 0.508 e. The van der Waals surface area contributed by atoms with Gasteiger partial charge in [-0.1, -0.05) is 38.1 Å². The van der Waals surface area contributed by atoms with E-state index in [0.717, 1.165) is 35.8 Å². The van der Waals surface area contributed by atoms with Crippen LogP contribution in [0.1, 0.15) is 52.4 Å². The maximum atomic E-state index is 10.7. The molecular weight excluding hydrogens is 328 g/mol. The summed E-state index contributed by atoms with van der Waals surface area (Å²) in [6.45, 7) is 6.93. The fraction of sp³-hybridized carbons (Fsp3) is 0.941. The van der Waals surface area contributed by atoms with Gasteiger partial charge in [0.05, 0.1) is 6.61 Å². The van der Waals surface area contributed by atoms with Crippen LogP contribution in [0.5, 0.6) is 0 Å². The molecule has 1 rings (SSSR count). The summed E-state index contributed by atoms with van der Waals surface area (Å²) in [5, 5.41) is 0. The molecule has 0 amide bonds. The van der Waals surface area contributed by atoms with Gasteiger partial charge in [-0.05, 0) is 20.3 Å². The third-order valence-electron chi connectivity index (χ3n) is 3.62. The van der Waals surface area contributed by atoms with Crippen molar-refractivity contribution in [3.63, 3.8) is 0 Å². The second-order valence-corrected chi connectivity index (χ2v) is 7.07. The molecule has 0 N–H and O–H groups in total. The van der Waals surface area contributed by atoms with Crippen LogP contribution < -0.4 is 0 Å². The van der Waals surface area contributed by atoms with Gasteiger partial charge in [0.25, 0.3) is 0 Å². The SMILES string of the molecule is CCOC(OCC)[Si]CCCCCCCCOCC1COC(=O)O1. The summed E-state index contributed by atoms with van der Waals surface area (Å²) in [6.07, 6.45) is 6.46.